The highest BCUT2D eigenvalue weighted by atomic mass is 35.5. The molecule has 5 nitrogen and oxygen atoms in total. The van der Waals surface area contributed by atoms with Crippen LogP contribution in [0.4, 0.5) is 11.4 Å². The van der Waals surface area contributed by atoms with Gasteiger partial charge in [-0.05, 0) is 42.7 Å². The summed E-state index contributed by atoms with van der Waals surface area (Å²) in [7, 11) is 1.54. The molecule has 0 aliphatic carbocycles. The molecule has 0 saturated carbocycles. The van der Waals surface area contributed by atoms with E-state index in [-0.39, 0.29) is 5.91 Å². The van der Waals surface area contributed by atoms with Crippen molar-refractivity contribution in [2.75, 3.05) is 24.3 Å². The number of carbonyl (C=O) groups excluding carboxylic acids is 1. The van der Waals surface area contributed by atoms with Crippen molar-refractivity contribution < 1.29 is 9.53 Å². The molecule has 24 heavy (non-hydrogen) atoms. The van der Waals surface area contributed by atoms with Crippen molar-refractivity contribution in [3.05, 3.63) is 47.2 Å². The van der Waals surface area contributed by atoms with E-state index >= 15 is 0 Å². The number of anilines is 2. The molecule has 0 spiro atoms. The second kappa shape index (κ2) is 8.55. The number of carbonyl (C=O) groups is 1. The summed E-state index contributed by atoms with van der Waals surface area (Å²) >= 11 is 6.05. The topological polar surface area (TPSA) is 63.2 Å². The summed E-state index contributed by atoms with van der Waals surface area (Å²) in [6.07, 6.45) is 2.75. The maximum atomic E-state index is 12.2. The Morgan fingerprint density at radius 1 is 1.25 bits per heavy atom. The Balaban J connectivity index is 1.96. The fraction of sp³-hybridized carbons (Fsp3) is 0.333. The lowest BCUT2D eigenvalue weighted by molar-refractivity contribution is 0.102. The molecule has 1 amide bonds. The third kappa shape index (κ3) is 5.13. The van der Waals surface area contributed by atoms with E-state index in [2.05, 4.69) is 29.5 Å². The van der Waals surface area contributed by atoms with Gasteiger partial charge < -0.3 is 15.4 Å². The fourth-order valence-electron chi connectivity index (χ4n) is 2.08. The van der Waals surface area contributed by atoms with Crippen LogP contribution in [0.2, 0.25) is 5.02 Å². The van der Waals surface area contributed by atoms with Gasteiger partial charge in [0.05, 0.1) is 24.0 Å². The van der Waals surface area contributed by atoms with E-state index in [1.54, 1.807) is 37.6 Å². The molecule has 0 aliphatic heterocycles. The largest absolute Gasteiger partial charge is 0.495 e. The van der Waals surface area contributed by atoms with Gasteiger partial charge in [-0.1, -0.05) is 25.4 Å². The predicted molar refractivity (Wildman–Crippen MR) is 98.1 cm³/mol. The van der Waals surface area contributed by atoms with Crippen molar-refractivity contribution in [1.29, 1.82) is 0 Å². The monoisotopic (exact) mass is 347 g/mol. The number of aromatic nitrogens is 1. The molecule has 0 bridgehead atoms. The number of amides is 1. The second-order valence-electron chi connectivity index (χ2n) is 5.84. The summed E-state index contributed by atoms with van der Waals surface area (Å²) in [5.74, 6) is 0.918. The molecule has 0 saturated heterocycles. The number of hydrogen-bond donors (Lipinski definition) is 2. The summed E-state index contributed by atoms with van der Waals surface area (Å²) < 4.78 is 5.09. The lowest BCUT2D eigenvalue weighted by Gasteiger charge is -2.09. The van der Waals surface area contributed by atoms with Crippen LogP contribution in [0, 0.1) is 5.92 Å². The van der Waals surface area contributed by atoms with Crippen LogP contribution < -0.4 is 15.4 Å². The van der Waals surface area contributed by atoms with Crippen molar-refractivity contribution >= 4 is 28.9 Å². The number of nitrogens with zero attached hydrogens (tertiary/aromatic N) is 1. The Bertz CT molecular complexity index is 687. The first-order valence-electron chi connectivity index (χ1n) is 7.84. The number of nitrogens with one attached hydrogen (secondary N) is 2. The number of halogens is 1. The highest BCUT2D eigenvalue weighted by molar-refractivity contribution is 6.32. The highest BCUT2D eigenvalue weighted by Gasteiger charge is 2.09. The van der Waals surface area contributed by atoms with Gasteiger partial charge in [-0.15, -0.1) is 0 Å². The minimum Gasteiger partial charge on any atom is -0.495 e. The van der Waals surface area contributed by atoms with Crippen LogP contribution in [0.25, 0.3) is 0 Å². The molecule has 0 radical (unpaired) electrons. The summed E-state index contributed by atoms with van der Waals surface area (Å²) in [5.41, 5.74) is 1.84. The van der Waals surface area contributed by atoms with Crippen molar-refractivity contribution in [2.45, 2.75) is 20.3 Å². The summed E-state index contributed by atoms with van der Waals surface area (Å²) in [5, 5.41) is 6.49. The Labute approximate surface area is 147 Å². The summed E-state index contributed by atoms with van der Waals surface area (Å²) in [6, 6.07) is 8.61. The van der Waals surface area contributed by atoms with Crippen LogP contribution in [-0.2, 0) is 0 Å². The van der Waals surface area contributed by atoms with Gasteiger partial charge >= 0.3 is 0 Å². The van der Waals surface area contributed by atoms with E-state index in [9.17, 15) is 4.79 Å². The zero-order chi connectivity index (χ0) is 17.5. The molecule has 2 aromatic rings. The SMILES string of the molecule is COc1ccc(NC(=O)c2ccc(NCCC(C)C)cn2)cc1Cl. The first kappa shape index (κ1) is 18.1. The van der Waals surface area contributed by atoms with E-state index < -0.39 is 0 Å². The Kier molecular flexibility index (Phi) is 6.44. The van der Waals surface area contributed by atoms with E-state index in [0.717, 1.165) is 18.7 Å². The molecule has 0 fully saturated rings. The number of benzene rings is 1. The summed E-state index contributed by atoms with van der Waals surface area (Å²) in [4.78, 5) is 16.4. The maximum Gasteiger partial charge on any atom is 0.274 e. The van der Waals surface area contributed by atoms with Crippen LogP contribution in [0.5, 0.6) is 5.75 Å². The first-order chi connectivity index (χ1) is 11.5. The van der Waals surface area contributed by atoms with E-state index in [4.69, 9.17) is 16.3 Å². The molecule has 1 aromatic carbocycles. The van der Waals surface area contributed by atoms with Gasteiger partial charge in [0.1, 0.15) is 11.4 Å². The molecule has 128 valence electrons. The van der Waals surface area contributed by atoms with Crippen LogP contribution >= 0.6 is 11.6 Å². The molecule has 2 rings (SSSR count). The van der Waals surface area contributed by atoms with Gasteiger partial charge in [-0.3, -0.25) is 4.79 Å². The Hall–Kier alpha value is -2.27. The van der Waals surface area contributed by atoms with Crippen LogP contribution in [0.3, 0.4) is 0 Å². The molecule has 6 heteroatoms. The first-order valence-corrected chi connectivity index (χ1v) is 8.22. The van der Waals surface area contributed by atoms with Gasteiger partial charge in [0.15, 0.2) is 0 Å². The van der Waals surface area contributed by atoms with Gasteiger partial charge in [-0.2, -0.15) is 0 Å². The fourth-order valence-corrected chi connectivity index (χ4v) is 2.33. The molecule has 1 heterocycles. The van der Waals surface area contributed by atoms with Crippen LogP contribution in [0.15, 0.2) is 36.5 Å². The quantitative estimate of drug-likeness (QED) is 0.776. The van der Waals surface area contributed by atoms with Gasteiger partial charge in [-0.25, -0.2) is 4.98 Å². The number of methoxy groups -OCH3 is 1. The smallest absolute Gasteiger partial charge is 0.274 e. The minimum absolute atomic E-state index is 0.287. The van der Waals surface area contributed by atoms with Crippen molar-refractivity contribution in [3.63, 3.8) is 0 Å². The van der Waals surface area contributed by atoms with E-state index in [0.29, 0.717) is 28.1 Å². The molecule has 0 unspecified atom stereocenters. The van der Waals surface area contributed by atoms with Gasteiger partial charge in [0, 0.05) is 12.2 Å². The van der Waals surface area contributed by atoms with Gasteiger partial charge in [0.2, 0.25) is 0 Å². The van der Waals surface area contributed by atoms with E-state index in [1.165, 1.54) is 0 Å². The second-order valence-corrected chi connectivity index (χ2v) is 6.25. The van der Waals surface area contributed by atoms with E-state index in [1.807, 2.05) is 6.07 Å². The molecule has 1 aromatic heterocycles. The molecular formula is C18H22ClN3O2. The highest BCUT2D eigenvalue weighted by Crippen LogP contribution is 2.27. The van der Waals surface area contributed by atoms with Crippen molar-refractivity contribution in [1.82, 2.24) is 4.98 Å². The molecule has 0 aliphatic rings. The Morgan fingerprint density at radius 3 is 2.58 bits per heavy atom. The van der Waals surface area contributed by atoms with Crippen molar-refractivity contribution in [3.8, 4) is 5.75 Å². The van der Waals surface area contributed by atoms with Gasteiger partial charge in [0.25, 0.3) is 5.91 Å². The zero-order valence-corrected chi connectivity index (χ0v) is 14.9. The third-order valence-electron chi connectivity index (χ3n) is 3.46. The zero-order valence-electron chi connectivity index (χ0n) is 14.1. The normalized spacial score (nSPS) is 10.5. The van der Waals surface area contributed by atoms with Crippen molar-refractivity contribution in [2.24, 2.45) is 5.92 Å². The molecule has 0 atom stereocenters. The lowest BCUT2D eigenvalue weighted by atomic mass is 10.1. The third-order valence-corrected chi connectivity index (χ3v) is 3.75. The lowest BCUT2D eigenvalue weighted by Crippen LogP contribution is -2.14. The number of rotatable bonds is 7. The number of hydrogen-bond acceptors (Lipinski definition) is 4. The van der Waals surface area contributed by atoms with Crippen LogP contribution in [-0.4, -0.2) is 24.5 Å². The standard InChI is InChI=1S/C18H22ClN3O2/c1-12(2)8-9-20-14-4-6-16(21-11-14)18(23)22-13-5-7-17(24-3)15(19)10-13/h4-7,10-12,20H,8-9H2,1-3H3,(H,22,23). The average molecular weight is 348 g/mol. The maximum absolute atomic E-state index is 12.2. The average Bonchev–Trinajstić information content (AvgIpc) is 2.55. The summed E-state index contributed by atoms with van der Waals surface area (Å²) in [6.45, 7) is 5.24. The van der Waals surface area contributed by atoms with Crippen LogP contribution in [0.1, 0.15) is 30.8 Å². The predicted octanol–water partition coefficient (Wildman–Crippen LogP) is 4.45. The molecule has 2 N–H and O–H groups in total. The molecular weight excluding hydrogens is 326 g/mol. The number of pyridine rings is 1. The number of ether oxygens (including phenoxy) is 1. The minimum atomic E-state index is -0.287. The Morgan fingerprint density at radius 2 is 2.00 bits per heavy atom.